The second kappa shape index (κ2) is 22.1. The van der Waals surface area contributed by atoms with E-state index in [0.717, 1.165) is 74.1 Å². The molecule has 284 valence electrons. The van der Waals surface area contributed by atoms with Crippen LogP contribution in [0.15, 0.2) is 71.8 Å². The molecule has 52 heavy (non-hydrogen) atoms. The van der Waals surface area contributed by atoms with E-state index in [1.807, 2.05) is 37.3 Å². The number of nitrogens with two attached hydrogens (primary N) is 1. The van der Waals surface area contributed by atoms with Gasteiger partial charge in [0.25, 0.3) is 0 Å². The first kappa shape index (κ1) is 42.4. The molecule has 16 heteroatoms. The Labute approximate surface area is 311 Å². The van der Waals surface area contributed by atoms with Crippen LogP contribution in [0.4, 0.5) is 0 Å². The van der Waals surface area contributed by atoms with E-state index in [-0.39, 0.29) is 48.6 Å². The highest BCUT2D eigenvalue weighted by molar-refractivity contribution is 7.89. The van der Waals surface area contributed by atoms with Gasteiger partial charge in [0, 0.05) is 17.9 Å². The van der Waals surface area contributed by atoms with E-state index in [0.29, 0.717) is 17.9 Å². The van der Waals surface area contributed by atoms with Gasteiger partial charge >= 0.3 is 0 Å². The highest BCUT2D eigenvalue weighted by Crippen LogP contribution is 2.26. The van der Waals surface area contributed by atoms with Gasteiger partial charge in [-0.25, -0.2) is 18.2 Å². The molecule has 0 bridgehead atoms. The number of carbonyl (C=O) groups excluding carboxylic acids is 3. The molecular weight excluding hydrogens is 705 g/mol. The van der Waals surface area contributed by atoms with E-state index in [1.165, 1.54) is 12.1 Å². The first-order chi connectivity index (χ1) is 24.9. The van der Waals surface area contributed by atoms with Gasteiger partial charge in [-0.3, -0.25) is 14.4 Å². The fourth-order valence-electron chi connectivity index (χ4n) is 5.28. The van der Waals surface area contributed by atoms with Gasteiger partial charge in [-0.2, -0.15) is 17.7 Å². The number of nitrogens with zero attached hydrogens (tertiary/aromatic N) is 2. The van der Waals surface area contributed by atoms with Crippen molar-refractivity contribution in [2.45, 2.75) is 56.4 Å². The topological polar surface area (TPSA) is 210 Å². The Hall–Kier alpha value is -4.06. The minimum Gasteiger partial charge on any atom is -0.396 e. The molecule has 0 saturated carbocycles. The monoisotopic (exact) mass is 756 g/mol. The van der Waals surface area contributed by atoms with E-state index in [2.05, 4.69) is 50.9 Å². The van der Waals surface area contributed by atoms with Gasteiger partial charge in [-0.15, -0.1) is 0 Å². The molecule has 2 aromatic carbocycles. The number of sulfonamides is 1. The average Bonchev–Trinajstić information content (AvgIpc) is 3.53. The second-order valence-electron chi connectivity index (χ2n) is 12.4. The summed E-state index contributed by atoms with van der Waals surface area (Å²) in [6, 6.07) is 14.9. The Morgan fingerprint density at radius 2 is 1.50 bits per heavy atom. The summed E-state index contributed by atoms with van der Waals surface area (Å²) in [5.41, 5.74) is 4.21. The van der Waals surface area contributed by atoms with Gasteiger partial charge in [-0.05, 0) is 94.6 Å². The van der Waals surface area contributed by atoms with Gasteiger partial charge in [0.1, 0.15) is 0 Å². The molecule has 0 saturated heterocycles. The summed E-state index contributed by atoms with van der Waals surface area (Å²) in [6.45, 7) is 8.17. The zero-order chi connectivity index (χ0) is 37.9. The number of aliphatic hydroxyl groups is 1. The first-order valence-corrected chi connectivity index (χ1v) is 19.5. The zero-order valence-corrected chi connectivity index (χ0v) is 31.4. The number of amides is 2. The SMILES string of the molecule is C=C(CNC(=O)CS)NCC(=O)NCC(=O)C(NCCCCCNCCCCCO)c1ccc(-c2cc(C)nn2-c2ccc(S(N)(=O)=O)cc2)cc1. The number of ketones is 1. The van der Waals surface area contributed by atoms with Crippen LogP contribution in [0, 0.1) is 6.92 Å². The lowest BCUT2D eigenvalue weighted by molar-refractivity contribution is -0.125. The number of hydrogen-bond donors (Lipinski definition) is 8. The van der Waals surface area contributed by atoms with Gasteiger partial charge in [0.15, 0.2) is 5.78 Å². The van der Waals surface area contributed by atoms with Crippen LogP contribution in [0.1, 0.15) is 55.8 Å². The van der Waals surface area contributed by atoms with Crippen LogP contribution >= 0.6 is 12.6 Å². The standard InChI is InChI=1S/C36H52N8O6S2/c1-26-21-32(44(43-26)30-13-15-31(16-14-30)52(37,49)50)28-9-11-29(12-10-28)36(39-19-7-3-5-17-38-18-6-4-8-20-45)33(46)23-42-34(47)24-40-27(2)22-41-35(48)25-51/h9-16,21,36,38-40,45,51H,2-8,17-20,22-25H2,1H3,(H,41,48)(H,42,47)(H2,37,49,50). The van der Waals surface area contributed by atoms with Crippen molar-refractivity contribution in [3.63, 3.8) is 0 Å². The Kier molecular flexibility index (Phi) is 18.0. The number of aliphatic hydroxyl groups excluding tert-OH is 1. The lowest BCUT2D eigenvalue weighted by Crippen LogP contribution is -2.41. The summed E-state index contributed by atoms with van der Waals surface area (Å²) in [7, 11) is -3.84. The van der Waals surface area contributed by atoms with Gasteiger partial charge in [0.05, 0.1) is 53.4 Å². The van der Waals surface area contributed by atoms with E-state index in [1.54, 1.807) is 16.8 Å². The molecule has 0 aliphatic carbocycles. The van der Waals surface area contributed by atoms with Gasteiger partial charge < -0.3 is 31.7 Å². The molecule has 3 aromatic rings. The molecule has 1 heterocycles. The normalized spacial score (nSPS) is 11.9. The number of primary sulfonamides is 1. The minimum atomic E-state index is -3.84. The number of rotatable bonds is 25. The van der Waals surface area contributed by atoms with Crippen LogP contribution in [0.2, 0.25) is 0 Å². The molecule has 3 rings (SSSR count). The Bertz CT molecular complexity index is 1710. The van der Waals surface area contributed by atoms with Crippen LogP contribution in [0.25, 0.3) is 16.9 Å². The van der Waals surface area contributed by atoms with Crippen LogP contribution < -0.4 is 31.7 Å². The lowest BCUT2D eigenvalue weighted by atomic mass is 9.99. The van der Waals surface area contributed by atoms with Crippen molar-refractivity contribution in [3.8, 4) is 16.9 Å². The Morgan fingerprint density at radius 1 is 0.865 bits per heavy atom. The third-order valence-corrected chi connectivity index (χ3v) is 9.31. The van der Waals surface area contributed by atoms with Crippen LogP contribution in [-0.4, -0.2) is 92.5 Å². The maximum atomic E-state index is 13.5. The molecule has 0 fully saturated rings. The third kappa shape index (κ3) is 14.5. The molecule has 0 radical (unpaired) electrons. The number of benzene rings is 2. The molecule has 14 nitrogen and oxygen atoms in total. The highest BCUT2D eigenvalue weighted by atomic mass is 32.2. The third-order valence-electron chi connectivity index (χ3n) is 8.09. The van der Waals surface area contributed by atoms with E-state index in [9.17, 15) is 22.8 Å². The van der Waals surface area contributed by atoms with Gasteiger partial charge in [0.2, 0.25) is 21.8 Å². The molecule has 0 aliphatic heterocycles. The number of hydrogen-bond acceptors (Lipinski definition) is 11. The van der Waals surface area contributed by atoms with Crippen molar-refractivity contribution >= 4 is 40.2 Å². The fraction of sp³-hybridized carbons (Fsp3) is 0.444. The maximum Gasteiger partial charge on any atom is 0.239 e. The summed E-state index contributed by atoms with van der Waals surface area (Å²) in [6.07, 6.45) is 5.70. The number of carbonyl (C=O) groups is 3. The van der Waals surface area contributed by atoms with E-state index < -0.39 is 22.0 Å². The summed E-state index contributed by atoms with van der Waals surface area (Å²) in [5.74, 6) is -0.815. The van der Waals surface area contributed by atoms with Gasteiger partial charge in [-0.1, -0.05) is 37.3 Å². The molecule has 1 atom stereocenters. The summed E-state index contributed by atoms with van der Waals surface area (Å²) >= 11 is 3.90. The second-order valence-corrected chi connectivity index (χ2v) is 14.2. The summed E-state index contributed by atoms with van der Waals surface area (Å²) < 4.78 is 25.2. The Morgan fingerprint density at radius 3 is 2.13 bits per heavy atom. The zero-order valence-electron chi connectivity index (χ0n) is 29.7. The Balaban J connectivity index is 1.66. The average molecular weight is 757 g/mol. The molecule has 0 aliphatic rings. The summed E-state index contributed by atoms with van der Waals surface area (Å²) in [5, 5.41) is 33.7. The molecule has 1 aromatic heterocycles. The van der Waals surface area contributed by atoms with Crippen molar-refractivity contribution in [2.24, 2.45) is 5.14 Å². The van der Waals surface area contributed by atoms with E-state index in [4.69, 9.17) is 10.2 Å². The van der Waals surface area contributed by atoms with Crippen LogP contribution in [-0.2, 0) is 24.4 Å². The largest absolute Gasteiger partial charge is 0.396 e. The molecular formula is C36H52N8O6S2. The van der Waals surface area contributed by atoms with Crippen molar-refractivity contribution in [3.05, 3.63) is 78.1 Å². The maximum absolute atomic E-state index is 13.5. The number of aromatic nitrogens is 2. The van der Waals surface area contributed by atoms with Crippen LogP contribution in [0.5, 0.6) is 0 Å². The van der Waals surface area contributed by atoms with Crippen molar-refractivity contribution in [1.82, 2.24) is 36.4 Å². The summed E-state index contributed by atoms with van der Waals surface area (Å²) in [4.78, 5) is 37.5. The minimum absolute atomic E-state index is 0.00373. The van der Waals surface area contributed by atoms with Crippen molar-refractivity contribution < 1.29 is 27.9 Å². The molecule has 8 N–H and O–H groups in total. The smallest absolute Gasteiger partial charge is 0.239 e. The van der Waals surface area contributed by atoms with Crippen molar-refractivity contribution in [2.75, 3.05) is 51.6 Å². The quantitative estimate of drug-likeness (QED) is 0.0465. The molecule has 1 unspecified atom stereocenters. The molecule has 0 spiro atoms. The predicted octanol–water partition coefficient (Wildman–Crippen LogP) is 1.88. The fourth-order valence-corrected chi connectivity index (χ4v) is 5.91. The number of unbranched alkanes of at least 4 members (excludes halogenated alkanes) is 4. The lowest BCUT2D eigenvalue weighted by Gasteiger charge is -2.19. The number of Topliss-reactive ketones (excluding diaryl/α,β-unsaturated/α-hetero) is 1. The van der Waals surface area contributed by atoms with Crippen LogP contribution in [0.3, 0.4) is 0 Å². The number of thiol groups is 1. The first-order valence-electron chi connectivity index (χ1n) is 17.4. The highest BCUT2D eigenvalue weighted by Gasteiger charge is 2.21. The number of nitrogens with one attached hydrogen (secondary N) is 5. The predicted molar refractivity (Wildman–Crippen MR) is 206 cm³/mol. The number of aryl methyl sites for hydroxylation is 1. The van der Waals surface area contributed by atoms with Crippen molar-refractivity contribution in [1.29, 1.82) is 0 Å². The van der Waals surface area contributed by atoms with E-state index >= 15 is 0 Å². The molecule has 2 amide bonds.